The van der Waals surface area contributed by atoms with Crippen molar-refractivity contribution in [3.05, 3.63) is 57.6 Å². The standard InChI is InChI=1S/C16H15ClN2O5S2/c17-12-1-4-14(5-2-12)25-15-6-3-13(19(20)21)11-16(15)26(22,23)18-7-9-24-10-8-18/h1-6,11H,7-10H2. The molecular formula is C16H15ClN2O5S2. The zero-order valence-corrected chi connectivity index (χ0v) is 15.9. The van der Waals surface area contributed by atoms with Gasteiger partial charge in [-0.15, -0.1) is 0 Å². The van der Waals surface area contributed by atoms with E-state index in [0.29, 0.717) is 23.1 Å². The second-order valence-electron chi connectivity index (χ2n) is 5.46. The Morgan fingerprint density at radius 3 is 2.38 bits per heavy atom. The van der Waals surface area contributed by atoms with Gasteiger partial charge in [-0.25, -0.2) is 8.42 Å². The number of nitro groups is 1. The van der Waals surface area contributed by atoms with Gasteiger partial charge in [0.1, 0.15) is 4.90 Å². The summed E-state index contributed by atoms with van der Waals surface area (Å²) < 4.78 is 32.6. The summed E-state index contributed by atoms with van der Waals surface area (Å²) in [7, 11) is -3.87. The van der Waals surface area contributed by atoms with Crippen LogP contribution < -0.4 is 0 Å². The predicted molar refractivity (Wildman–Crippen MR) is 98.2 cm³/mol. The van der Waals surface area contributed by atoms with Gasteiger partial charge in [0.05, 0.1) is 18.1 Å². The molecule has 0 saturated carbocycles. The molecule has 3 rings (SSSR count). The van der Waals surface area contributed by atoms with Crippen molar-refractivity contribution in [1.29, 1.82) is 0 Å². The van der Waals surface area contributed by atoms with Crippen molar-refractivity contribution in [2.24, 2.45) is 0 Å². The minimum atomic E-state index is -3.87. The number of sulfonamides is 1. The van der Waals surface area contributed by atoms with E-state index in [1.54, 1.807) is 24.3 Å². The summed E-state index contributed by atoms with van der Waals surface area (Å²) in [4.78, 5) is 11.6. The third-order valence-corrected chi connectivity index (χ3v) is 7.17. The van der Waals surface area contributed by atoms with E-state index in [9.17, 15) is 18.5 Å². The Labute approximate surface area is 160 Å². The summed E-state index contributed by atoms with van der Waals surface area (Å²) >= 11 is 7.09. The number of rotatable bonds is 5. The first-order valence-electron chi connectivity index (χ1n) is 7.68. The van der Waals surface area contributed by atoms with Crippen molar-refractivity contribution in [3.8, 4) is 0 Å². The molecule has 0 radical (unpaired) electrons. The maximum atomic E-state index is 13.0. The van der Waals surface area contributed by atoms with Crippen LogP contribution in [0.1, 0.15) is 0 Å². The van der Waals surface area contributed by atoms with Crippen molar-refractivity contribution >= 4 is 39.1 Å². The largest absolute Gasteiger partial charge is 0.379 e. The van der Waals surface area contributed by atoms with Crippen LogP contribution in [0, 0.1) is 10.1 Å². The summed E-state index contributed by atoms with van der Waals surface area (Å²) in [5.41, 5.74) is -0.266. The van der Waals surface area contributed by atoms with E-state index in [2.05, 4.69) is 0 Å². The Morgan fingerprint density at radius 1 is 1.12 bits per heavy atom. The highest BCUT2D eigenvalue weighted by Gasteiger charge is 2.30. The molecule has 2 aromatic carbocycles. The molecule has 138 valence electrons. The van der Waals surface area contributed by atoms with E-state index < -0.39 is 14.9 Å². The number of morpholine rings is 1. The molecule has 0 amide bonds. The van der Waals surface area contributed by atoms with Gasteiger partial charge >= 0.3 is 0 Å². The number of hydrogen-bond donors (Lipinski definition) is 0. The molecule has 1 fully saturated rings. The minimum Gasteiger partial charge on any atom is -0.379 e. The Balaban J connectivity index is 2.03. The molecule has 1 aliphatic rings. The number of ether oxygens (including phenoxy) is 1. The Kier molecular flexibility index (Phi) is 5.83. The Hall–Kier alpha value is -1.65. The van der Waals surface area contributed by atoms with E-state index in [4.69, 9.17) is 16.3 Å². The molecule has 2 aromatic rings. The SMILES string of the molecule is O=[N+]([O-])c1ccc(Sc2ccc(Cl)cc2)c(S(=O)(=O)N2CCOCC2)c1. The number of benzene rings is 2. The normalized spacial score (nSPS) is 15.7. The smallest absolute Gasteiger partial charge is 0.270 e. The van der Waals surface area contributed by atoms with Crippen molar-refractivity contribution in [3.63, 3.8) is 0 Å². The summed E-state index contributed by atoms with van der Waals surface area (Å²) in [6.07, 6.45) is 0. The maximum Gasteiger partial charge on any atom is 0.270 e. The second kappa shape index (κ2) is 7.93. The molecule has 0 spiro atoms. The fraction of sp³-hybridized carbons (Fsp3) is 0.250. The molecule has 0 unspecified atom stereocenters. The summed E-state index contributed by atoms with van der Waals surface area (Å²) in [5, 5.41) is 11.7. The van der Waals surface area contributed by atoms with E-state index >= 15 is 0 Å². The molecular weight excluding hydrogens is 400 g/mol. The molecule has 0 N–H and O–H groups in total. The van der Waals surface area contributed by atoms with Crippen LogP contribution in [0.5, 0.6) is 0 Å². The first kappa shape index (κ1) is 19.1. The molecule has 0 atom stereocenters. The van der Waals surface area contributed by atoms with Gasteiger partial charge in [-0.3, -0.25) is 10.1 Å². The highest BCUT2D eigenvalue weighted by atomic mass is 35.5. The minimum absolute atomic E-state index is 0.0754. The lowest BCUT2D eigenvalue weighted by Crippen LogP contribution is -2.40. The van der Waals surface area contributed by atoms with Gasteiger partial charge in [-0.1, -0.05) is 23.4 Å². The van der Waals surface area contributed by atoms with E-state index in [1.807, 2.05) is 0 Å². The van der Waals surface area contributed by atoms with Crippen LogP contribution in [0.2, 0.25) is 5.02 Å². The van der Waals surface area contributed by atoms with Crippen molar-refractivity contribution in [1.82, 2.24) is 4.31 Å². The van der Waals surface area contributed by atoms with Crippen LogP contribution in [-0.2, 0) is 14.8 Å². The van der Waals surface area contributed by atoms with E-state index in [-0.39, 0.29) is 23.7 Å². The average molecular weight is 415 g/mol. The molecule has 7 nitrogen and oxygen atoms in total. The maximum absolute atomic E-state index is 13.0. The lowest BCUT2D eigenvalue weighted by Gasteiger charge is -2.26. The van der Waals surface area contributed by atoms with Gasteiger partial charge in [-0.2, -0.15) is 4.31 Å². The summed E-state index contributed by atoms with van der Waals surface area (Å²) in [6.45, 7) is 1.04. The molecule has 0 aromatic heterocycles. The van der Waals surface area contributed by atoms with Crippen LogP contribution in [0.4, 0.5) is 5.69 Å². The molecule has 1 aliphatic heterocycles. The third-order valence-electron chi connectivity index (χ3n) is 3.77. The zero-order chi connectivity index (χ0) is 18.7. The van der Waals surface area contributed by atoms with Crippen molar-refractivity contribution < 1.29 is 18.1 Å². The lowest BCUT2D eigenvalue weighted by atomic mass is 10.3. The fourth-order valence-corrected chi connectivity index (χ4v) is 5.34. The quantitative estimate of drug-likeness (QED) is 0.550. The van der Waals surface area contributed by atoms with Gasteiger partial charge < -0.3 is 4.74 Å². The number of hydrogen-bond acceptors (Lipinski definition) is 6. The summed E-state index contributed by atoms with van der Waals surface area (Å²) in [6, 6.07) is 10.8. The molecule has 26 heavy (non-hydrogen) atoms. The molecule has 10 heteroatoms. The van der Waals surface area contributed by atoms with Gasteiger partial charge in [0.15, 0.2) is 0 Å². The lowest BCUT2D eigenvalue weighted by molar-refractivity contribution is -0.385. The van der Waals surface area contributed by atoms with Gasteiger partial charge in [0, 0.05) is 40.0 Å². The van der Waals surface area contributed by atoms with E-state index in [0.717, 1.165) is 11.0 Å². The number of halogens is 1. The van der Waals surface area contributed by atoms with Gasteiger partial charge in [0.2, 0.25) is 10.0 Å². The van der Waals surface area contributed by atoms with Gasteiger partial charge in [0.25, 0.3) is 5.69 Å². The first-order valence-corrected chi connectivity index (χ1v) is 10.3. The predicted octanol–water partition coefficient (Wildman–Crippen LogP) is 3.42. The molecule has 0 bridgehead atoms. The Morgan fingerprint density at radius 2 is 1.77 bits per heavy atom. The van der Waals surface area contributed by atoms with Crippen molar-refractivity contribution in [2.45, 2.75) is 14.7 Å². The van der Waals surface area contributed by atoms with Crippen LogP contribution in [0.25, 0.3) is 0 Å². The Bertz CT molecular complexity index is 913. The third kappa shape index (κ3) is 4.18. The van der Waals surface area contributed by atoms with Gasteiger partial charge in [-0.05, 0) is 30.3 Å². The molecule has 0 aliphatic carbocycles. The zero-order valence-electron chi connectivity index (χ0n) is 13.5. The number of non-ortho nitro benzene ring substituents is 1. The second-order valence-corrected chi connectivity index (χ2v) is 8.92. The van der Waals surface area contributed by atoms with Crippen LogP contribution in [0.15, 0.2) is 57.2 Å². The first-order chi connectivity index (χ1) is 12.4. The number of nitro benzene ring substituents is 1. The van der Waals surface area contributed by atoms with Crippen molar-refractivity contribution in [2.75, 3.05) is 26.3 Å². The fourth-order valence-electron chi connectivity index (χ4n) is 2.45. The van der Waals surface area contributed by atoms with E-state index in [1.165, 1.54) is 28.2 Å². The molecule has 1 saturated heterocycles. The van der Waals surface area contributed by atoms with Crippen LogP contribution >= 0.6 is 23.4 Å². The van der Waals surface area contributed by atoms with Crippen LogP contribution in [-0.4, -0.2) is 43.9 Å². The average Bonchev–Trinajstić information content (AvgIpc) is 2.64. The van der Waals surface area contributed by atoms with Crippen LogP contribution in [0.3, 0.4) is 0 Å². The topological polar surface area (TPSA) is 89.8 Å². The number of nitrogens with zero attached hydrogens (tertiary/aromatic N) is 2. The summed E-state index contributed by atoms with van der Waals surface area (Å²) in [5.74, 6) is 0. The highest BCUT2D eigenvalue weighted by Crippen LogP contribution is 2.36. The highest BCUT2D eigenvalue weighted by molar-refractivity contribution is 8.00. The monoisotopic (exact) mass is 414 g/mol. The molecule has 1 heterocycles.